The van der Waals surface area contributed by atoms with Crippen LogP contribution in [0.15, 0.2) is 0 Å². The summed E-state index contributed by atoms with van der Waals surface area (Å²) in [5.74, 6) is -2.75. The number of aliphatic hydroxyl groups excluding tert-OH is 2. The van der Waals surface area contributed by atoms with E-state index in [-0.39, 0.29) is 6.42 Å². The normalized spacial score (nSPS) is 17.1. The van der Waals surface area contributed by atoms with E-state index in [1.54, 1.807) is 0 Å². The van der Waals surface area contributed by atoms with Crippen LogP contribution in [-0.4, -0.2) is 50.6 Å². The number of carboxylic acids is 2. The van der Waals surface area contributed by atoms with Crippen molar-refractivity contribution in [1.29, 1.82) is 0 Å². The number of nitrogens with two attached hydrogens (primary N) is 1. The lowest BCUT2D eigenvalue weighted by Crippen LogP contribution is -2.36. The van der Waals surface area contributed by atoms with Gasteiger partial charge in [0, 0.05) is 6.42 Å². The molecule has 0 radical (unpaired) electrons. The Morgan fingerprint density at radius 1 is 1.07 bits per heavy atom. The van der Waals surface area contributed by atoms with E-state index in [1.807, 2.05) is 0 Å². The Hall–Kier alpha value is -1.18. The molecule has 7 heteroatoms. The van der Waals surface area contributed by atoms with Gasteiger partial charge in [0.25, 0.3) is 0 Å². The summed E-state index contributed by atoms with van der Waals surface area (Å²) >= 11 is 0. The van der Waals surface area contributed by atoms with E-state index in [4.69, 9.17) is 26.2 Å². The molecule has 0 aliphatic carbocycles. The van der Waals surface area contributed by atoms with Gasteiger partial charge in [-0.1, -0.05) is 0 Å². The van der Waals surface area contributed by atoms with Crippen LogP contribution in [0.4, 0.5) is 0 Å². The highest BCUT2D eigenvalue weighted by Crippen LogP contribution is 2.05. The van der Waals surface area contributed by atoms with E-state index in [0.717, 1.165) is 0 Å². The molecule has 7 nitrogen and oxygen atoms in total. The van der Waals surface area contributed by atoms with Gasteiger partial charge in [0.05, 0.1) is 6.10 Å². The third kappa shape index (κ3) is 4.75. The number of aliphatic carboxylic acids is 2. The standard InChI is InChI=1S/C7H13NO6/c8-4(6(11)12)1-3(9)2-5(10)7(13)14/h3-5,9-10H,1-2,8H2,(H,11,12)(H,13,14)/t3-,4-,5-/m0/s1. The predicted octanol–water partition coefficient (Wildman–Crippen LogP) is -2.02. The van der Waals surface area contributed by atoms with E-state index in [0.29, 0.717) is 0 Å². The number of carbonyl (C=O) groups is 2. The second kappa shape index (κ2) is 5.53. The summed E-state index contributed by atoms with van der Waals surface area (Å²) < 4.78 is 0. The van der Waals surface area contributed by atoms with Gasteiger partial charge in [-0.3, -0.25) is 4.79 Å². The van der Waals surface area contributed by atoms with Crippen LogP contribution in [0.3, 0.4) is 0 Å². The maximum Gasteiger partial charge on any atom is 0.332 e. The number of aliphatic hydroxyl groups is 2. The maximum atomic E-state index is 10.2. The van der Waals surface area contributed by atoms with Gasteiger partial charge in [-0.15, -0.1) is 0 Å². The van der Waals surface area contributed by atoms with Crippen molar-refractivity contribution in [2.24, 2.45) is 5.73 Å². The molecule has 0 aliphatic heterocycles. The minimum atomic E-state index is -1.70. The zero-order valence-electron chi connectivity index (χ0n) is 7.33. The number of carboxylic acid groups (broad SMARTS) is 2. The summed E-state index contributed by atoms with van der Waals surface area (Å²) in [5, 5.41) is 34.5. The highest BCUT2D eigenvalue weighted by atomic mass is 16.4. The molecule has 0 saturated heterocycles. The van der Waals surface area contributed by atoms with Crippen molar-refractivity contribution in [3.8, 4) is 0 Å². The van der Waals surface area contributed by atoms with Crippen molar-refractivity contribution in [3.05, 3.63) is 0 Å². The zero-order chi connectivity index (χ0) is 11.3. The molecule has 6 N–H and O–H groups in total. The molecule has 0 unspecified atom stereocenters. The Balaban J connectivity index is 3.92. The molecule has 0 saturated carbocycles. The number of hydrogen-bond donors (Lipinski definition) is 5. The molecule has 3 atom stereocenters. The second-order valence-corrected chi connectivity index (χ2v) is 2.92. The largest absolute Gasteiger partial charge is 0.480 e. The molecule has 0 bridgehead atoms. The molecule has 0 aliphatic rings. The van der Waals surface area contributed by atoms with Crippen LogP contribution in [0.5, 0.6) is 0 Å². The molecular formula is C7H13NO6. The van der Waals surface area contributed by atoms with Crippen LogP contribution in [0.25, 0.3) is 0 Å². The van der Waals surface area contributed by atoms with Crippen LogP contribution in [0.1, 0.15) is 12.8 Å². The first-order chi connectivity index (χ1) is 6.34. The molecular weight excluding hydrogens is 194 g/mol. The first kappa shape index (κ1) is 12.8. The molecule has 0 aromatic heterocycles. The quantitative estimate of drug-likeness (QED) is 0.338. The lowest BCUT2D eigenvalue weighted by molar-refractivity contribution is -0.148. The summed E-state index contributed by atoms with van der Waals surface area (Å²) in [4.78, 5) is 20.4. The van der Waals surface area contributed by atoms with Gasteiger partial charge in [0.1, 0.15) is 6.04 Å². The van der Waals surface area contributed by atoms with E-state index >= 15 is 0 Å². The minimum Gasteiger partial charge on any atom is -0.480 e. The molecule has 0 amide bonds. The molecule has 0 aromatic rings. The fraction of sp³-hybridized carbons (Fsp3) is 0.714. The minimum absolute atomic E-state index is 0.292. The molecule has 82 valence electrons. The Bertz CT molecular complexity index is 196. The Morgan fingerprint density at radius 3 is 1.93 bits per heavy atom. The average molecular weight is 207 g/mol. The van der Waals surface area contributed by atoms with Crippen molar-refractivity contribution in [3.63, 3.8) is 0 Å². The topological polar surface area (TPSA) is 141 Å². The van der Waals surface area contributed by atoms with E-state index in [9.17, 15) is 9.59 Å². The van der Waals surface area contributed by atoms with Crippen LogP contribution in [-0.2, 0) is 9.59 Å². The van der Waals surface area contributed by atoms with Gasteiger partial charge in [0.15, 0.2) is 6.10 Å². The monoisotopic (exact) mass is 207 g/mol. The van der Waals surface area contributed by atoms with Crippen molar-refractivity contribution >= 4 is 11.9 Å². The zero-order valence-corrected chi connectivity index (χ0v) is 7.33. The number of rotatable bonds is 6. The summed E-state index contributed by atoms with van der Waals surface area (Å²) in [6.07, 6.45) is -3.67. The average Bonchev–Trinajstić information content (AvgIpc) is 2.03. The third-order valence-corrected chi connectivity index (χ3v) is 1.62. The van der Waals surface area contributed by atoms with Crippen molar-refractivity contribution < 1.29 is 30.0 Å². The molecule has 0 heterocycles. The number of hydrogen-bond acceptors (Lipinski definition) is 5. The molecule has 0 fully saturated rings. The smallest absolute Gasteiger partial charge is 0.332 e. The maximum absolute atomic E-state index is 10.2. The summed E-state index contributed by atoms with van der Waals surface area (Å²) in [7, 11) is 0. The van der Waals surface area contributed by atoms with Crippen molar-refractivity contribution in [1.82, 2.24) is 0 Å². The Kier molecular flexibility index (Phi) is 5.06. The lowest BCUT2D eigenvalue weighted by atomic mass is 10.0. The van der Waals surface area contributed by atoms with E-state index in [2.05, 4.69) is 0 Å². The first-order valence-electron chi connectivity index (χ1n) is 3.92. The van der Waals surface area contributed by atoms with Gasteiger partial charge in [0.2, 0.25) is 0 Å². The summed E-state index contributed by atoms with van der Waals surface area (Å²) in [5.41, 5.74) is 5.08. The van der Waals surface area contributed by atoms with Crippen LogP contribution >= 0.6 is 0 Å². The van der Waals surface area contributed by atoms with Crippen molar-refractivity contribution in [2.75, 3.05) is 0 Å². The highest BCUT2D eigenvalue weighted by Gasteiger charge is 2.22. The van der Waals surface area contributed by atoms with Gasteiger partial charge in [-0.2, -0.15) is 0 Å². The SMILES string of the molecule is N[C@@H](C[C@H](O)C[C@H](O)C(=O)O)C(=O)O. The second-order valence-electron chi connectivity index (χ2n) is 2.92. The van der Waals surface area contributed by atoms with E-state index < -0.39 is 36.6 Å². The third-order valence-electron chi connectivity index (χ3n) is 1.62. The van der Waals surface area contributed by atoms with Crippen molar-refractivity contribution in [2.45, 2.75) is 31.1 Å². The van der Waals surface area contributed by atoms with Gasteiger partial charge in [-0.05, 0) is 6.42 Å². The highest BCUT2D eigenvalue weighted by molar-refractivity contribution is 5.73. The first-order valence-corrected chi connectivity index (χ1v) is 3.92. The fourth-order valence-corrected chi connectivity index (χ4v) is 0.849. The van der Waals surface area contributed by atoms with E-state index in [1.165, 1.54) is 0 Å². The Labute approximate surface area is 79.8 Å². The Morgan fingerprint density at radius 2 is 1.57 bits per heavy atom. The molecule has 0 spiro atoms. The summed E-state index contributed by atoms with van der Waals surface area (Å²) in [6.45, 7) is 0. The van der Waals surface area contributed by atoms with Gasteiger partial charge < -0.3 is 26.2 Å². The fourth-order valence-electron chi connectivity index (χ4n) is 0.849. The van der Waals surface area contributed by atoms with Gasteiger partial charge in [-0.25, -0.2) is 4.79 Å². The molecule has 0 aromatic carbocycles. The molecule has 0 rings (SSSR count). The lowest BCUT2D eigenvalue weighted by Gasteiger charge is -2.14. The van der Waals surface area contributed by atoms with Crippen LogP contribution in [0, 0.1) is 0 Å². The summed E-state index contributed by atoms with van der Waals surface area (Å²) in [6, 6.07) is -1.26. The van der Waals surface area contributed by atoms with Crippen LogP contribution < -0.4 is 5.73 Å². The van der Waals surface area contributed by atoms with Crippen LogP contribution in [0.2, 0.25) is 0 Å². The predicted molar refractivity (Wildman–Crippen MR) is 44.5 cm³/mol. The van der Waals surface area contributed by atoms with Gasteiger partial charge >= 0.3 is 11.9 Å². The molecule has 14 heavy (non-hydrogen) atoms.